The van der Waals surface area contributed by atoms with Gasteiger partial charge in [-0.2, -0.15) is 0 Å². The van der Waals surface area contributed by atoms with Crippen LogP contribution in [0.1, 0.15) is 39.5 Å². The summed E-state index contributed by atoms with van der Waals surface area (Å²) in [4.78, 5) is 0. The van der Waals surface area contributed by atoms with Crippen molar-refractivity contribution >= 4 is 30.1 Å². The van der Waals surface area contributed by atoms with Crippen LogP contribution in [0.15, 0.2) is 0 Å². The lowest BCUT2D eigenvalue weighted by molar-refractivity contribution is 0.139. The minimum Gasteiger partial charge on any atom is -0.396 e. The third-order valence-corrected chi connectivity index (χ3v) is 3.71. The van der Waals surface area contributed by atoms with Crippen LogP contribution >= 0.6 is 30.1 Å². The second-order valence-corrected chi connectivity index (χ2v) is 5.92. The van der Waals surface area contributed by atoms with Crippen molar-refractivity contribution in [1.29, 1.82) is 0 Å². The fraction of sp³-hybridized carbons (Fsp3) is 0.833. The fourth-order valence-corrected chi connectivity index (χ4v) is 2.26. The molecule has 0 saturated heterocycles. The van der Waals surface area contributed by atoms with Crippen molar-refractivity contribution in [3.05, 3.63) is 0 Å². The van der Waals surface area contributed by atoms with Crippen LogP contribution in [0, 0.1) is 23.0 Å². The van der Waals surface area contributed by atoms with Crippen LogP contribution < -0.4 is 0 Å². The van der Waals surface area contributed by atoms with E-state index in [9.17, 15) is 10.2 Å². The minimum atomic E-state index is -0.239. The van der Waals surface area contributed by atoms with Gasteiger partial charge in [-0.3, -0.25) is 0 Å². The van der Waals surface area contributed by atoms with Gasteiger partial charge in [0, 0.05) is 34.2 Å². The van der Waals surface area contributed by atoms with Crippen molar-refractivity contribution in [3.8, 4) is 11.2 Å². The molecule has 0 radical (unpaired) electrons. The zero-order valence-corrected chi connectivity index (χ0v) is 12.9. The SMILES string of the molecule is CC(O)CCC(C)C(CO)CCC#CSI. The Balaban J connectivity index is 3.86. The topological polar surface area (TPSA) is 40.5 Å². The molecule has 0 aromatic rings. The van der Waals surface area contributed by atoms with E-state index in [-0.39, 0.29) is 12.7 Å². The molecule has 0 saturated carbocycles. The molecule has 2 N–H and O–H groups in total. The van der Waals surface area contributed by atoms with Crippen LogP contribution in [0.25, 0.3) is 0 Å². The summed E-state index contributed by atoms with van der Waals surface area (Å²) in [6.07, 6.45) is 3.34. The number of aliphatic hydroxyl groups is 2. The molecule has 16 heavy (non-hydrogen) atoms. The van der Waals surface area contributed by atoms with Gasteiger partial charge in [-0.1, -0.05) is 12.8 Å². The van der Waals surface area contributed by atoms with E-state index in [0.717, 1.165) is 25.7 Å². The highest BCUT2D eigenvalue weighted by Gasteiger charge is 2.16. The van der Waals surface area contributed by atoms with Gasteiger partial charge in [-0.05, 0) is 52.2 Å². The van der Waals surface area contributed by atoms with Gasteiger partial charge in [-0.15, -0.1) is 0 Å². The zero-order chi connectivity index (χ0) is 12.4. The van der Waals surface area contributed by atoms with E-state index in [1.54, 1.807) is 0 Å². The van der Waals surface area contributed by atoms with Gasteiger partial charge in [0.05, 0.1) is 6.10 Å². The number of rotatable bonds is 7. The Kier molecular flexibility index (Phi) is 11.1. The highest BCUT2D eigenvalue weighted by atomic mass is 127. The lowest BCUT2D eigenvalue weighted by Crippen LogP contribution is -2.17. The Hall–Kier alpha value is 0.560. The first kappa shape index (κ1) is 16.6. The molecule has 0 fully saturated rings. The maximum Gasteiger partial charge on any atom is 0.0512 e. The second kappa shape index (κ2) is 10.7. The van der Waals surface area contributed by atoms with Crippen molar-refractivity contribution in [2.45, 2.75) is 45.6 Å². The molecule has 94 valence electrons. The van der Waals surface area contributed by atoms with Crippen LogP contribution in [0.4, 0.5) is 0 Å². The lowest BCUT2D eigenvalue weighted by atomic mass is 9.86. The summed E-state index contributed by atoms with van der Waals surface area (Å²) in [6, 6.07) is 0. The maximum atomic E-state index is 9.30. The van der Waals surface area contributed by atoms with Gasteiger partial charge < -0.3 is 10.2 Å². The summed E-state index contributed by atoms with van der Waals surface area (Å²) >= 11 is 2.15. The second-order valence-electron chi connectivity index (χ2n) is 4.24. The molecule has 0 aliphatic carbocycles. The van der Waals surface area contributed by atoms with Crippen LogP contribution in [0.2, 0.25) is 0 Å². The first-order valence-electron chi connectivity index (χ1n) is 5.66. The summed E-state index contributed by atoms with van der Waals surface area (Å²) in [5, 5.41) is 21.5. The number of hydrogen-bond acceptors (Lipinski definition) is 3. The summed E-state index contributed by atoms with van der Waals surface area (Å²) in [7, 11) is 1.50. The molecular formula is C12H21IO2S. The van der Waals surface area contributed by atoms with Gasteiger partial charge in [0.2, 0.25) is 0 Å². The summed E-state index contributed by atoms with van der Waals surface area (Å²) < 4.78 is 0. The Morgan fingerprint density at radius 3 is 2.44 bits per heavy atom. The Labute approximate surface area is 115 Å². The van der Waals surface area contributed by atoms with E-state index in [1.807, 2.05) is 6.92 Å². The van der Waals surface area contributed by atoms with Crippen molar-refractivity contribution in [3.63, 3.8) is 0 Å². The quantitative estimate of drug-likeness (QED) is 0.544. The Morgan fingerprint density at radius 1 is 1.25 bits per heavy atom. The third kappa shape index (κ3) is 8.68. The molecule has 0 rings (SSSR count). The molecule has 0 aromatic carbocycles. The molecule has 4 heteroatoms. The first-order chi connectivity index (χ1) is 7.61. The van der Waals surface area contributed by atoms with E-state index < -0.39 is 0 Å². The lowest BCUT2D eigenvalue weighted by Gasteiger charge is -2.21. The van der Waals surface area contributed by atoms with Crippen LogP contribution in [-0.4, -0.2) is 22.9 Å². The van der Waals surface area contributed by atoms with E-state index in [1.165, 1.54) is 8.93 Å². The average molecular weight is 356 g/mol. The average Bonchev–Trinajstić information content (AvgIpc) is 2.26. The number of aliphatic hydroxyl groups excluding tert-OH is 2. The molecule has 3 atom stereocenters. The zero-order valence-electron chi connectivity index (χ0n) is 9.95. The Bertz CT molecular complexity index is 223. The Morgan fingerprint density at radius 2 is 1.94 bits per heavy atom. The van der Waals surface area contributed by atoms with Crippen molar-refractivity contribution in [1.82, 2.24) is 0 Å². The monoisotopic (exact) mass is 356 g/mol. The van der Waals surface area contributed by atoms with Crippen LogP contribution in [0.3, 0.4) is 0 Å². The molecule has 0 spiro atoms. The normalized spacial score (nSPS) is 16.1. The molecule has 2 nitrogen and oxygen atoms in total. The van der Waals surface area contributed by atoms with Crippen LogP contribution in [0.5, 0.6) is 0 Å². The van der Waals surface area contributed by atoms with Crippen LogP contribution in [-0.2, 0) is 0 Å². The number of hydrogen-bond donors (Lipinski definition) is 2. The van der Waals surface area contributed by atoms with E-state index in [0.29, 0.717) is 11.8 Å². The van der Waals surface area contributed by atoms with Gasteiger partial charge in [0.25, 0.3) is 0 Å². The molecule has 0 bridgehead atoms. The smallest absolute Gasteiger partial charge is 0.0512 e. The van der Waals surface area contributed by atoms with E-state index >= 15 is 0 Å². The maximum absolute atomic E-state index is 9.30. The molecule has 0 aromatic heterocycles. The van der Waals surface area contributed by atoms with Gasteiger partial charge in [0.15, 0.2) is 0 Å². The van der Waals surface area contributed by atoms with E-state index in [2.05, 4.69) is 39.3 Å². The molecule has 0 amide bonds. The van der Waals surface area contributed by atoms with Gasteiger partial charge in [-0.25, -0.2) is 0 Å². The fourth-order valence-electron chi connectivity index (χ4n) is 1.63. The predicted octanol–water partition coefficient (Wildman–Crippen LogP) is 3.22. The first-order valence-corrected chi connectivity index (χ1v) is 9.02. The highest BCUT2D eigenvalue weighted by molar-refractivity contribution is 14.2. The van der Waals surface area contributed by atoms with Crippen molar-refractivity contribution < 1.29 is 10.2 Å². The highest BCUT2D eigenvalue weighted by Crippen LogP contribution is 2.22. The van der Waals surface area contributed by atoms with Crippen molar-refractivity contribution in [2.24, 2.45) is 11.8 Å². The summed E-state index contributed by atoms with van der Waals surface area (Å²) in [5.74, 6) is 3.83. The molecule has 3 unspecified atom stereocenters. The summed E-state index contributed by atoms with van der Waals surface area (Å²) in [5.41, 5.74) is 0. The predicted molar refractivity (Wildman–Crippen MR) is 79.3 cm³/mol. The molecule has 0 aliphatic heterocycles. The molecule has 0 aliphatic rings. The largest absolute Gasteiger partial charge is 0.396 e. The van der Waals surface area contributed by atoms with Gasteiger partial charge in [0.1, 0.15) is 0 Å². The van der Waals surface area contributed by atoms with E-state index in [4.69, 9.17) is 0 Å². The third-order valence-electron chi connectivity index (χ3n) is 2.83. The standard InChI is InChI=1S/C12H21IO2S/c1-10(6-7-11(2)15)12(9-14)5-3-4-8-16-13/h10-12,14-15H,3,5-7,9H2,1-2H3. The van der Waals surface area contributed by atoms with Gasteiger partial charge >= 0.3 is 0 Å². The van der Waals surface area contributed by atoms with Crippen molar-refractivity contribution in [2.75, 3.05) is 6.61 Å². The minimum absolute atomic E-state index is 0.222. The molecular weight excluding hydrogens is 335 g/mol. The molecule has 0 heterocycles. The summed E-state index contributed by atoms with van der Waals surface area (Å²) in [6.45, 7) is 4.17. The number of halogens is 1.